The second kappa shape index (κ2) is 6.66. The Hall–Kier alpha value is -3.21. The second-order valence-electron chi connectivity index (χ2n) is 7.40. The maximum atomic E-state index is 14.3. The molecule has 3 aromatic rings. The lowest BCUT2D eigenvalue weighted by molar-refractivity contribution is -0.181. The number of phenolic OH excluding ortho intramolecular Hbond substituents is 1. The van der Waals surface area contributed by atoms with Gasteiger partial charge in [0.1, 0.15) is 17.1 Å². The first-order chi connectivity index (χ1) is 14.0. The molecule has 1 amide bonds. The number of rotatable bonds is 2. The summed E-state index contributed by atoms with van der Waals surface area (Å²) in [6.45, 7) is 0.791. The van der Waals surface area contributed by atoms with Crippen LogP contribution in [0.4, 0.5) is 17.6 Å². The molecule has 1 aromatic carbocycles. The molecule has 0 saturated carbocycles. The number of carbonyl (C=O) groups is 1. The van der Waals surface area contributed by atoms with Gasteiger partial charge in [0.25, 0.3) is 5.91 Å². The number of hydrogen-bond donors (Lipinski definition) is 3. The van der Waals surface area contributed by atoms with Gasteiger partial charge in [0.05, 0.1) is 16.6 Å². The number of likely N-dealkylation sites (tertiary alicyclic amines) is 1. The van der Waals surface area contributed by atoms with Crippen LogP contribution in [0.3, 0.4) is 0 Å². The normalized spacial score (nSPS) is 19.6. The monoisotopic (exact) mass is 423 g/mol. The maximum absolute atomic E-state index is 14.3. The molecule has 1 aliphatic heterocycles. The van der Waals surface area contributed by atoms with Gasteiger partial charge in [0.15, 0.2) is 5.65 Å². The molecule has 0 aliphatic carbocycles. The molecule has 1 atom stereocenters. The van der Waals surface area contributed by atoms with E-state index in [1.165, 1.54) is 18.2 Å². The highest BCUT2D eigenvalue weighted by Gasteiger charge is 2.56. The van der Waals surface area contributed by atoms with Crippen LogP contribution in [0.2, 0.25) is 0 Å². The predicted molar refractivity (Wildman–Crippen MR) is 99.2 cm³/mol. The Morgan fingerprint density at radius 2 is 2.07 bits per heavy atom. The molecule has 3 heterocycles. The number of carbonyl (C=O) groups excluding carboxylic acids is 1. The van der Waals surface area contributed by atoms with E-state index in [1.54, 1.807) is 6.92 Å². The van der Waals surface area contributed by atoms with Crippen LogP contribution in [-0.2, 0) is 0 Å². The molecule has 0 bridgehead atoms. The van der Waals surface area contributed by atoms with Crippen molar-refractivity contribution in [3.8, 4) is 17.0 Å². The summed E-state index contributed by atoms with van der Waals surface area (Å²) in [7, 11) is 0. The third-order valence-corrected chi connectivity index (χ3v) is 5.32. The molecule has 2 aromatic heterocycles. The molecule has 0 radical (unpaired) electrons. The van der Waals surface area contributed by atoms with Gasteiger partial charge in [-0.05, 0) is 31.5 Å². The number of amides is 1. The topological polar surface area (TPSA) is 108 Å². The minimum atomic E-state index is -4.65. The average Bonchev–Trinajstić information content (AvgIpc) is 3.24. The van der Waals surface area contributed by atoms with Gasteiger partial charge in [-0.1, -0.05) is 0 Å². The summed E-state index contributed by atoms with van der Waals surface area (Å²) >= 11 is 0. The fourth-order valence-corrected chi connectivity index (χ4v) is 3.60. The molecule has 1 unspecified atom stereocenters. The van der Waals surface area contributed by atoms with Gasteiger partial charge in [0, 0.05) is 30.4 Å². The highest BCUT2D eigenvalue weighted by molar-refractivity contribution is 6.07. The molecular weight excluding hydrogens is 406 g/mol. The quantitative estimate of drug-likeness (QED) is 0.550. The Balaban J connectivity index is 1.80. The molecule has 7 nitrogen and oxygen atoms in total. The molecule has 30 heavy (non-hydrogen) atoms. The second-order valence-corrected chi connectivity index (χ2v) is 7.40. The zero-order valence-electron chi connectivity index (χ0n) is 15.7. The first-order valence-corrected chi connectivity index (χ1v) is 9.00. The number of aryl methyl sites for hydroxylation is 1. The van der Waals surface area contributed by atoms with Gasteiger partial charge in [-0.15, -0.1) is 0 Å². The number of pyridine rings is 1. The van der Waals surface area contributed by atoms with Gasteiger partial charge in [-0.3, -0.25) is 9.89 Å². The van der Waals surface area contributed by atoms with Gasteiger partial charge in [-0.2, -0.15) is 18.3 Å². The molecule has 1 saturated heterocycles. The number of aromatic nitrogens is 3. The van der Waals surface area contributed by atoms with Crippen LogP contribution in [0, 0.1) is 12.7 Å². The van der Waals surface area contributed by atoms with Crippen LogP contribution >= 0.6 is 0 Å². The predicted octanol–water partition coefficient (Wildman–Crippen LogP) is 2.88. The van der Waals surface area contributed by atoms with Crippen molar-refractivity contribution in [3.05, 3.63) is 41.3 Å². The van der Waals surface area contributed by atoms with E-state index in [0.29, 0.717) is 11.1 Å². The van der Waals surface area contributed by atoms with Crippen LogP contribution in [0.5, 0.6) is 5.75 Å². The molecule has 158 valence electrons. The molecule has 11 heteroatoms. The van der Waals surface area contributed by atoms with Crippen LogP contribution in [-0.4, -0.2) is 55.9 Å². The van der Waals surface area contributed by atoms with Crippen molar-refractivity contribution >= 4 is 16.9 Å². The Morgan fingerprint density at radius 3 is 2.70 bits per heavy atom. The summed E-state index contributed by atoms with van der Waals surface area (Å²) in [4.78, 5) is 18.4. The maximum Gasteiger partial charge on any atom is 0.408 e. The summed E-state index contributed by atoms with van der Waals surface area (Å²) in [5.41, 5.74) is 3.74. The zero-order chi connectivity index (χ0) is 21.8. The smallest absolute Gasteiger partial charge is 0.408 e. The minimum Gasteiger partial charge on any atom is -0.508 e. The van der Waals surface area contributed by atoms with Gasteiger partial charge in [-0.25, -0.2) is 9.37 Å². The van der Waals surface area contributed by atoms with E-state index in [2.05, 4.69) is 15.2 Å². The van der Waals surface area contributed by atoms with Crippen molar-refractivity contribution in [2.45, 2.75) is 25.1 Å². The Kier molecular flexibility index (Phi) is 4.46. The third kappa shape index (κ3) is 3.15. The zero-order valence-corrected chi connectivity index (χ0v) is 15.7. The van der Waals surface area contributed by atoms with E-state index in [0.717, 1.165) is 11.0 Å². The molecule has 1 fully saturated rings. The SMILES string of the molecule is Cc1[nH]nc2nc(-c3ccc(O)cc3F)cc(C(=O)N3CCC(N)(C(F)(F)F)C3)c12. The first-order valence-electron chi connectivity index (χ1n) is 9.00. The number of halogens is 4. The first kappa shape index (κ1) is 20.1. The number of nitrogens with zero attached hydrogens (tertiary/aromatic N) is 3. The van der Waals surface area contributed by atoms with Crippen LogP contribution in [0.1, 0.15) is 22.5 Å². The number of nitrogens with two attached hydrogens (primary N) is 1. The number of nitrogens with one attached hydrogen (secondary N) is 1. The highest BCUT2D eigenvalue weighted by atomic mass is 19.4. The summed E-state index contributed by atoms with van der Waals surface area (Å²) in [6, 6.07) is 4.75. The largest absolute Gasteiger partial charge is 0.508 e. The number of hydrogen-bond acceptors (Lipinski definition) is 5. The summed E-state index contributed by atoms with van der Waals surface area (Å²) in [5.74, 6) is -1.73. The van der Waals surface area contributed by atoms with Crippen molar-refractivity contribution < 1.29 is 27.5 Å². The number of aromatic amines is 1. The molecule has 0 spiro atoms. The van der Waals surface area contributed by atoms with Crippen LogP contribution in [0.25, 0.3) is 22.3 Å². The van der Waals surface area contributed by atoms with Gasteiger partial charge >= 0.3 is 6.18 Å². The van der Waals surface area contributed by atoms with Crippen molar-refractivity contribution in [1.82, 2.24) is 20.1 Å². The summed E-state index contributed by atoms with van der Waals surface area (Å²) in [6.07, 6.45) is -5.07. The van der Waals surface area contributed by atoms with E-state index >= 15 is 0 Å². The number of fused-ring (bicyclic) bond motifs is 1. The highest BCUT2D eigenvalue weighted by Crippen LogP contribution is 2.37. The average molecular weight is 423 g/mol. The lowest BCUT2D eigenvalue weighted by Crippen LogP contribution is -2.55. The number of alkyl halides is 3. The Bertz CT molecular complexity index is 1160. The molecule has 4 N–H and O–H groups in total. The van der Waals surface area contributed by atoms with Crippen molar-refractivity contribution in [2.75, 3.05) is 13.1 Å². The number of H-pyrrole nitrogens is 1. The fourth-order valence-electron chi connectivity index (χ4n) is 3.60. The number of benzene rings is 1. The standard InChI is InChI=1S/C19H17F4N5O2/c1-9-15-12(17(30)28-5-4-18(24,8-28)19(21,22)23)7-14(25-16(15)27-26-9)11-3-2-10(29)6-13(11)20/h2-3,6-7,29H,4-5,8,24H2,1H3,(H,25,26,27). The number of phenols is 1. The fraction of sp³-hybridized carbons (Fsp3) is 0.316. The van der Waals surface area contributed by atoms with Gasteiger partial charge < -0.3 is 15.7 Å². The van der Waals surface area contributed by atoms with Crippen LogP contribution in [0.15, 0.2) is 24.3 Å². The van der Waals surface area contributed by atoms with E-state index in [1.807, 2.05) is 0 Å². The van der Waals surface area contributed by atoms with Crippen molar-refractivity contribution in [3.63, 3.8) is 0 Å². The summed E-state index contributed by atoms with van der Waals surface area (Å²) < 4.78 is 54.1. The van der Waals surface area contributed by atoms with Gasteiger partial charge in [0.2, 0.25) is 0 Å². The van der Waals surface area contributed by atoms with Crippen LogP contribution < -0.4 is 5.73 Å². The number of aromatic hydroxyl groups is 1. The summed E-state index contributed by atoms with van der Waals surface area (Å²) in [5, 5.41) is 16.4. The minimum absolute atomic E-state index is 0.00860. The third-order valence-electron chi connectivity index (χ3n) is 5.32. The Labute approximate surface area is 167 Å². The lowest BCUT2D eigenvalue weighted by atomic mass is 10.00. The van der Waals surface area contributed by atoms with E-state index in [-0.39, 0.29) is 34.8 Å². The van der Waals surface area contributed by atoms with Crippen molar-refractivity contribution in [1.29, 1.82) is 0 Å². The molecular formula is C19H17F4N5O2. The van der Waals surface area contributed by atoms with E-state index < -0.39 is 36.4 Å². The lowest BCUT2D eigenvalue weighted by Gasteiger charge is -2.27. The van der Waals surface area contributed by atoms with E-state index in [4.69, 9.17) is 5.73 Å². The molecule has 4 rings (SSSR count). The van der Waals surface area contributed by atoms with Crippen molar-refractivity contribution in [2.24, 2.45) is 5.73 Å². The van der Waals surface area contributed by atoms with E-state index in [9.17, 15) is 27.5 Å². The molecule has 1 aliphatic rings. The Morgan fingerprint density at radius 1 is 1.33 bits per heavy atom.